The Morgan fingerprint density at radius 3 is 2.18 bits per heavy atom. The Labute approximate surface area is 173 Å². The van der Waals surface area contributed by atoms with E-state index in [2.05, 4.69) is 36.6 Å². The third kappa shape index (κ3) is 3.41. The molecule has 7 heteroatoms. The second-order valence-electron chi connectivity index (χ2n) is 8.41. The molecule has 0 aromatic heterocycles. The van der Waals surface area contributed by atoms with Crippen molar-refractivity contribution in [3.8, 4) is 17.2 Å². The SMILES string of the molecule is COc1cc(/C=N/NC(=S)NC2(C)C3CCC(C3)C2(C)C)cc(OC)c1OC. The van der Waals surface area contributed by atoms with Crippen molar-refractivity contribution in [3.05, 3.63) is 17.7 Å². The fourth-order valence-corrected chi connectivity index (χ4v) is 5.24. The Morgan fingerprint density at radius 2 is 1.68 bits per heavy atom. The van der Waals surface area contributed by atoms with Gasteiger partial charge in [-0.1, -0.05) is 13.8 Å². The Balaban J connectivity index is 1.67. The summed E-state index contributed by atoms with van der Waals surface area (Å²) in [6.45, 7) is 7.00. The number of ether oxygens (including phenoxy) is 3. The van der Waals surface area contributed by atoms with Crippen molar-refractivity contribution in [3.63, 3.8) is 0 Å². The Hall–Kier alpha value is -2.02. The highest BCUT2D eigenvalue weighted by Crippen LogP contribution is 2.61. The number of thiocarbonyl (C=S) groups is 1. The van der Waals surface area contributed by atoms with E-state index in [1.807, 2.05) is 12.1 Å². The van der Waals surface area contributed by atoms with Crippen molar-refractivity contribution in [2.75, 3.05) is 21.3 Å². The molecule has 0 spiro atoms. The number of hydrogen-bond acceptors (Lipinski definition) is 5. The number of benzene rings is 1. The first-order valence-electron chi connectivity index (χ1n) is 9.68. The van der Waals surface area contributed by atoms with Gasteiger partial charge in [0.15, 0.2) is 16.6 Å². The summed E-state index contributed by atoms with van der Waals surface area (Å²) in [5, 5.41) is 8.41. The van der Waals surface area contributed by atoms with Gasteiger partial charge in [0.05, 0.1) is 27.5 Å². The molecule has 2 aliphatic rings. The Kier molecular flexibility index (Phi) is 5.75. The molecule has 2 bridgehead atoms. The third-order valence-corrected chi connectivity index (χ3v) is 7.24. The van der Waals surface area contributed by atoms with Gasteiger partial charge >= 0.3 is 0 Å². The van der Waals surface area contributed by atoms with Crippen LogP contribution >= 0.6 is 12.2 Å². The van der Waals surface area contributed by atoms with Gasteiger partial charge in [0, 0.05) is 11.1 Å². The van der Waals surface area contributed by atoms with Gasteiger partial charge in [-0.05, 0) is 67.8 Å². The average Bonchev–Trinajstić information content (AvgIpc) is 3.23. The zero-order valence-electron chi connectivity index (χ0n) is 17.6. The molecule has 3 rings (SSSR count). The fraction of sp³-hybridized carbons (Fsp3) is 0.619. The molecule has 0 radical (unpaired) electrons. The van der Waals surface area contributed by atoms with Crippen LogP contribution in [0.25, 0.3) is 0 Å². The number of hydrogen-bond donors (Lipinski definition) is 2. The summed E-state index contributed by atoms with van der Waals surface area (Å²) >= 11 is 5.53. The van der Waals surface area contributed by atoms with Gasteiger partial charge in [-0.3, -0.25) is 5.43 Å². The van der Waals surface area contributed by atoms with Crippen molar-refractivity contribution in [2.24, 2.45) is 22.4 Å². The lowest BCUT2D eigenvalue weighted by molar-refractivity contribution is 0.0833. The number of nitrogens with zero attached hydrogens (tertiary/aromatic N) is 1. The fourth-order valence-electron chi connectivity index (χ4n) is 4.98. The van der Waals surface area contributed by atoms with Crippen LogP contribution in [0.5, 0.6) is 17.2 Å². The van der Waals surface area contributed by atoms with Crippen molar-refractivity contribution in [1.82, 2.24) is 10.7 Å². The molecule has 3 unspecified atom stereocenters. The molecule has 28 heavy (non-hydrogen) atoms. The minimum Gasteiger partial charge on any atom is -0.493 e. The summed E-state index contributed by atoms with van der Waals surface area (Å²) in [4.78, 5) is 0. The van der Waals surface area contributed by atoms with E-state index >= 15 is 0 Å². The topological polar surface area (TPSA) is 64.1 Å². The van der Waals surface area contributed by atoms with Gasteiger partial charge in [-0.25, -0.2) is 0 Å². The first-order chi connectivity index (χ1) is 13.3. The molecule has 154 valence electrons. The van der Waals surface area contributed by atoms with Crippen LogP contribution in [0.15, 0.2) is 17.2 Å². The van der Waals surface area contributed by atoms with Crippen LogP contribution in [0.1, 0.15) is 45.6 Å². The van der Waals surface area contributed by atoms with Crippen molar-refractivity contribution in [2.45, 2.75) is 45.6 Å². The van der Waals surface area contributed by atoms with E-state index in [9.17, 15) is 0 Å². The summed E-state index contributed by atoms with van der Waals surface area (Å²) in [7, 11) is 4.76. The molecule has 2 saturated carbocycles. The molecule has 1 aromatic rings. The van der Waals surface area contributed by atoms with Gasteiger partial charge in [-0.15, -0.1) is 0 Å². The molecule has 3 atom stereocenters. The molecular weight excluding hydrogens is 374 g/mol. The van der Waals surface area contributed by atoms with E-state index in [1.54, 1.807) is 27.5 Å². The predicted molar refractivity (Wildman–Crippen MR) is 116 cm³/mol. The number of fused-ring (bicyclic) bond motifs is 2. The van der Waals surface area contributed by atoms with E-state index < -0.39 is 0 Å². The Morgan fingerprint density at radius 1 is 1.07 bits per heavy atom. The van der Waals surface area contributed by atoms with Crippen LogP contribution < -0.4 is 25.0 Å². The van der Waals surface area contributed by atoms with Crippen LogP contribution in [0, 0.1) is 17.3 Å². The van der Waals surface area contributed by atoms with E-state index in [4.69, 9.17) is 26.4 Å². The van der Waals surface area contributed by atoms with E-state index in [0.717, 1.165) is 11.5 Å². The highest BCUT2D eigenvalue weighted by atomic mass is 32.1. The molecule has 0 aliphatic heterocycles. The van der Waals surface area contributed by atoms with E-state index in [-0.39, 0.29) is 11.0 Å². The lowest BCUT2D eigenvalue weighted by Gasteiger charge is -2.48. The lowest BCUT2D eigenvalue weighted by Crippen LogP contribution is -2.60. The quantitative estimate of drug-likeness (QED) is 0.427. The van der Waals surface area contributed by atoms with E-state index in [0.29, 0.717) is 28.3 Å². The van der Waals surface area contributed by atoms with Gasteiger partial charge in [0.1, 0.15) is 0 Å². The summed E-state index contributed by atoms with van der Waals surface area (Å²) < 4.78 is 16.1. The highest BCUT2D eigenvalue weighted by Gasteiger charge is 2.60. The molecule has 0 saturated heterocycles. The number of methoxy groups -OCH3 is 3. The molecular formula is C21H31N3O3S. The molecule has 1 aromatic carbocycles. The molecule has 2 aliphatic carbocycles. The standard InChI is InChI=1S/C21H31N3O3S/c1-20(2)14-7-8-15(11-14)21(20,3)23-19(28)24-22-12-13-9-16(25-4)18(27-6)17(10-13)26-5/h9-10,12,14-15H,7-8,11H2,1-6H3,(H2,23,24,28)/b22-12+. The maximum atomic E-state index is 5.53. The first kappa shape index (κ1) is 20.7. The smallest absolute Gasteiger partial charge is 0.203 e. The van der Waals surface area contributed by atoms with Gasteiger partial charge in [0.25, 0.3) is 0 Å². The van der Waals surface area contributed by atoms with Crippen molar-refractivity contribution < 1.29 is 14.2 Å². The summed E-state index contributed by atoms with van der Waals surface area (Å²) in [6, 6.07) is 3.67. The number of nitrogens with one attached hydrogen (secondary N) is 2. The molecule has 2 N–H and O–H groups in total. The highest BCUT2D eigenvalue weighted by molar-refractivity contribution is 7.80. The second kappa shape index (κ2) is 7.78. The minimum absolute atomic E-state index is 0.0118. The maximum Gasteiger partial charge on any atom is 0.203 e. The first-order valence-corrected chi connectivity index (χ1v) is 10.1. The van der Waals surface area contributed by atoms with Crippen LogP contribution in [0.4, 0.5) is 0 Å². The van der Waals surface area contributed by atoms with Gasteiger partial charge in [0.2, 0.25) is 5.75 Å². The molecule has 0 amide bonds. The largest absolute Gasteiger partial charge is 0.493 e. The summed E-state index contributed by atoms with van der Waals surface area (Å²) in [6.07, 6.45) is 5.57. The second-order valence-corrected chi connectivity index (χ2v) is 8.82. The monoisotopic (exact) mass is 405 g/mol. The van der Waals surface area contributed by atoms with Crippen molar-refractivity contribution >= 4 is 23.5 Å². The van der Waals surface area contributed by atoms with Crippen LogP contribution in [0.3, 0.4) is 0 Å². The van der Waals surface area contributed by atoms with Crippen molar-refractivity contribution in [1.29, 1.82) is 0 Å². The molecule has 0 heterocycles. The van der Waals surface area contributed by atoms with Gasteiger partial charge in [-0.2, -0.15) is 5.10 Å². The summed E-state index contributed by atoms with van der Waals surface area (Å²) in [5.41, 5.74) is 3.98. The Bertz CT molecular complexity index is 755. The molecule has 6 nitrogen and oxygen atoms in total. The van der Waals surface area contributed by atoms with Crippen LogP contribution in [-0.4, -0.2) is 38.2 Å². The van der Waals surface area contributed by atoms with Crippen LogP contribution in [-0.2, 0) is 0 Å². The van der Waals surface area contributed by atoms with E-state index in [1.165, 1.54) is 19.3 Å². The minimum atomic E-state index is -0.0118. The molecule has 2 fully saturated rings. The number of hydrazone groups is 1. The zero-order chi connectivity index (χ0) is 20.5. The predicted octanol–water partition coefficient (Wildman–Crippen LogP) is 3.73. The third-order valence-electron chi connectivity index (χ3n) is 7.05. The number of rotatable bonds is 6. The average molecular weight is 406 g/mol. The normalized spacial score (nSPS) is 27.6. The lowest BCUT2D eigenvalue weighted by atomic mass is 9.64. The zero-order valence-corrected chi connectivity index (χ0v) is 18.4. The van der Waals surface area contributed by atoms with Crippen LogP contribution in [0.2, 0.25) is 0 Å². The maximum absolute atomic E-state index is 5.53. The summed E-state index contributed by atoms with van der Waals surface area (Å²) in [5.74, 6) is 3.14. The van der Waals surface area contributed by atoms with Gasteiger partial charge < -0.3 is 19.5 Å².